The van der Waals surface area contributed by atoms with Crippen molar-refractivity contribution in [1.82, 2.24) is 14.3 Å². The van der Waals surface area contributed by atoms with Gasteiger partial charge in [-0.3, -0.25) is 0 Å². The van der Waals surface area contributed by atoms with Crippen molar-refractivity contribution >= 4 is 10.2 Å². The molecule has 23 heavy (non-hydrogen) atoms. The molecule has 2 N–H and O–H groups in total. The molecule has 7 nitrogen and oxygen atoms in total. The molecule has 138 valence electrons. The molecule has 0 aromatic rings. The van der Waals surface area contributed by atoms with E-state index in [4.69, 9.17) is 9.47 Å². The van der Waals surface area contributed by atoms with E-state index in [0.29, 0.717) is 45.4 Å². The third kappa shape index (κ3) is 8.97. The molecule has 1 rings (SSSR count). The molecule has 0 spiro atoms. The van der Waals surface area contributed by atoms with Gasteiger partial charge in [0.25, 0.3) is 10.2 Å². The molecular formula is C15H33N3O4S. The lowest BCUT2D eigenvalue weighted by molar-refractivity contribution is 0.149. The van der Waals surface area contributed by atoms with Gasteiger partial charge in [0.05, 0.1) is 13.2 Å². The molecule has 0 aromatic heterocycles. The van der Waals surface area contributed by atoms with Crippen LogP contribution in [0.3, 0.4) is 0 Å². The Morgan fingerprint density at radius 3 is 2.04 bits per heavy atom. The van der Waals surface area contributed by atoms with E-state index in [1.165, 1.54) is 42.8 Å². The normalized spacial score (nSPS) is 17.5. The van der Waals surface area contributed by atoms with E-state index in [1.54, 1.807) is 14.2 Å². The van der Waals surface area contributed by atoms with Gasteiger partial charge in [-0.1, -0.05) is 25.7 Å². The average molecular weight is 352 g/mol. The first-order valence-electron chi connectivity index (χ1n) is 8.56. The van der Waals surface area contributed by atoms with E-state index in [1.807, 2.05) is 0 Å². The molecule has 1 aliphatic rings. The number of nitrogens with one attached hydrogen (secondary N) is 2. The second-order valence-electron chi connectivity index (χ2n) is 5.93. The summed E-state index contributed by atoms with van der Waals surface area (Å²) < 4.78 is 38.6. The van der Waals surface area contributed by atoms with Gasteiger partial charge >= 0.3 is 0 Å². The van der Waals surface area contributed by atoms with Crippen LogP contribution in [0.1, 0.15) is 38.5 Å². The summed E-state index contributed by atoms with van der Waals surface area (Å²) in [5.41, 5.74) is 0. The predicted octanol–water partition coefficient (Wildman–Crippen LogP) is 0.728. The maximum Gasteiger partial charge on any atom is 0.279 e. The lowest BCUT2D eigenvalue weighted by atomic mass is 10.1. The zero-order valence-electron chi connectivity index (χ0n) is 14.6. The highest BCUT2D eigenvalue weighted by molar-refractivity contribution is 7.87. The third-order valence-corrected chi connectivity index (χ3v) is 5.74. The maximum atomic E-state index is 12.3. The number of ether oxygens (including phenoxy) is 2. The van der Waals surface area contributed by atoms with Gasteiger partial charge in [-0.05, 0) is 12.8 Å². The summed E-state index contributed by atoms with van der Waals surface area (Å²) in [6.45, 7) is 2.44. The standard InChI is InChI=1S/C15H33N3O4S/c1-21-13-11-18(12-14-22-2)23(19,20)17-10-9-16-15-7-5-3-4-6-8-15/h15-17H,3-14H2,1-2H3. The first kappa shape index (κ1) is 20.8. The van der Waals surface area contributed by atoms with Gasteiger partial charge < -0.3 is 14.8 Å². The van der Waals surface area contributed by atoms with Crippen molar-refractivity contribution in [3.05, 3.63) is 0 Å². The Kier molecular flexibility index (Phi) is 11.0. The zero-order chi connectivity index (χ0) is 17.0. The molecule has 0 aromatic carbocycles. The molecule has 1 fully saturated rings. The van der Waals surface area contributed by atoms with Crippen molar-refractivity contribution in [1.29, 1.82) is 0 Å². The molecule has 0 unspecified atom stereocenters. The van der Waals surface area contributed by atoms with E-state index in [9.17, 15) is 8.42 Å². The van der Waals surface area contributed by atoms with E-state index in [2.05, 4.69) is 10.0 Å². The highest BCUT2D eigenvalue weighted by Gasteiger charge is 2.21. The molecule has 0 radical (unpaired) electrons. The second-order valence-corrected chi connectivity index (χ2v) is 7.68. The van der Waals surface area contributed by atoms with Crippen molar-refractivity contribution in [3.63, 3.8) is 0 Å². The summed E-state index contributed by atoms with van der Waals surface area (Å²) in [6.07, 6.45) is 7.56. The van der Waals surface area contributed by atoms with Gasteiger partial charge in [0.15, 0.2) is 0 Å². The van der Waals surface area contributed by atoms with Crippen LogP contribution in [-0.2, 0) is 19.7 Å². The van der Waals surface area contributed by atoms with Crippen LogP contribution in [-0.4, -0.2) is 72.4 Å². The maximum absolute atomic E-state index is 12.3. The highest BCUT2D eigenvalue weighted by atomic mass is 32.2. The Hall–Kier alpha value is -0.250. The van der Waals surface area contributed by atoms with Crippen LogP contribution in [0.2, 0.25) is 0 Å². The van der Waals surface area contributed by atoms with Crippen molar-refractivity contribution in [2.45, 2.75) is 44.6 Å². The highest BCUT2D eigenvalue weighted by Crippen LogP contribution is 2.16. The number of nitrogens with zero attached hydrogens (tertiary/aromatic N) is 1. The van der Waals surface area contributed by atoms with Crippen molar-refractivity contribution in [3.8, 4) is 0 Å². The van der Waals surface area contributed by atoms with Crippen LogP contribution in [0.25, 0.3) is 0 Å². The summed E-state index contributed by atoms with van der Waals surface area (Å²) >= 11 is 0. The summed E-state index contributed by atoms with van der Waals surface area (Å²) in [7, 11) is -0.372. The number of hydrogen-bond donors (Lipinski definition) is 2. The lowest BCUT2D eigenvalue weighted by Crippen LogP contribution is -2.46. The van der Waals surface area contributed by atoms with Crippen molar-refractivity contribution in [2.75, 3.05) is 53.6 Å². The summed E-state index contributed by atoms with van der Waals surface area (Å²) in [5.74, 6) is 0. The van der Waals surface area contributed by atoms with Gasteiger partial charge in [0.1, 0.15) is 0 Å². The largest absolute Gasteiger partial charge is 0.383 e. The second kappa shape index (κ2) is 12.2. The van der Waals surface area contributed by atoms with Crippen LogP contribution in [0.15, 0.2) is 0 Å². The van der Waals surface area contributed by atoms with Crippen LogP contribution in [0, 0.1) is 0 Å². The van der Waals surface area contributed by atoms with Crippen LogP contribution < -0.4 is 10.0 Å². The molecule has 0 saturated heterocycles. The smallest absolute Gasteiger partial charge is 0.279 e. The Morgan fingerprint density at radius 2 is 1.52 bits per heavy atom. The molecule has 1 aliphatic carbocycles. The minimum absolute atomic E-state index is 0.325. The van der Waals surface area contributed by atoms with E-state index in [0.717, 1.165) is 0 Å². The monoisotopic (exact) mass is 351 g/mol. The third-order valence-electron chi connectivity index (χ3n) is 4.13. The first-order chi connectivity index (χ1) is 11.1. The number of rotatable bonds is 12. The molecule has 0 amide bonds. The zero-order valence-corrected chi connectivity index (χ0v) is 15.4. The Bertz CT molecular complexity index is 376. The SMILES string of the molecule is COCCN(CCOC)S(=O)(=O)NCCNC1CCCCCC1. The van der Waals surface area contributed by atoms with E-state index < -0.39 is 10.2 Å². The average Bonchev–Trinajstić information content (AvgIpc) is 2.80. The Morgan fingerprint density at radius 1 is 0.957 bits per heavy atom. The minimum atomic E-state index is -3.49. The topological polar surface area (TPSA) is 79.9 Å². The van der Waals surface area contributed by atoms with Gasteiger partial charge in [-0.2, -0.15) is 12.7 Å². The Labute approximate surface area is 141 Å². The van der Waals surface area contributed by atoms with E-state index in [-0.39, 0.29) is 0 Å². The summed E-state index contributed by atoms with van der Waals surface area (Å²) in [6, 6.07) is 0.528. The van der Waals surface area contributed by atoms with Crippen LogP contribution in [0.4, 0.5) is 0 Å². The first-order valence-corrected chi connectivity index (χ1v) is 10.00. The molecule has 8 heteroatoms. The fraction of sp³-hybridized carbons (Fsp3) is 1.00. The molecular weight excluding hydrogens is 318 g/mol. The summed E-state index contributed by atoms with van der Waals surface area (Å²) in [5, 5.41) is 3.46. The molecule has 0 heterocycles. The molecule has 0 atom stereocenters. The number of hydrogen-bond acceptors (Lipinski definition) is 5. The van der Waals surface area contributed by atoms with Gasteiger partial charge in [-0.15, -0.1) is 0 Å². The van der Waals surface area contributed by atoms with E-state index >= 15 is 0 Å². The molecule has 0 aliphatic heterocycles. The lowest BCUT2D eigenvalue weighted by Gasteiger charge is -2.22. The quantitative estimate of drug-likeness (QED) is 0.400. The minimum Gasteiger partial charge on any atom is -0.383 e. The van der Waals surface area contributed by atoms with Gasteiger partial charge in [-0.25, -0.2) is 4.72 Å². The molecule has 0 bridgehead atoms. The van der Waals surface area contributed by atoms with Gasteiger partial charge in [0, 0.05) is 46.4 Å². The molecule has 1 saturated carbocycles. The summed E-state index contributed by atoms with van der Waals surface area (Å²) in [4.78, 5) is 0. The van der Waals surface area contributed by atoms with Crippen LogP contribution >= 0.6 is 0 Å². The van der Waals surface area contributed by atoms with Gasteiger partial charge in [0.2, 0.25) is 0 Å². The predicted molar refractivity (Wildman–Crippen MR) is 91.7 cm³/mol. The van der Waals surface area contributed by atoms with Crippen molar-refractivity contribution in [2.24, 2.45) is 0 Å². The number of methoxy groups -OCH3 is 2. The Balaban J connectivity index is 2.32. The fourth-order valence-electron chi connectivity index (χ4n) is 2.77. The van der Waals surface area contributed by atoms with Crippen molar-refractivity contribution < 1.29 is 17.9 Å². The van der Waals surface area contributed by atoms with Crippen LogP contribution in [0.5, 0.6) is 0 Å². The fourth-order valence-corrected chi connectivity index (χ4v) is 3.94.